The fraction of sp³-hybridized carbons (Fsp3) is 0.250. The minimum atomic E-state index is -0.790. The molecule has 3 aromatic heterocycles. The Kier molecular flexibility index (Phi) is 10.5. The number of carbonyl (C=O) groups is 1. The van der Waals surface area contributed by atoms with E-state index in [0.29, 0.717) is 40.4 Å². The Labute approximate surface area is 308 Å². The summed E-state index contributed by atoms with van der Waals surface area (Å²) in [5.41, 5.74) is 0.448. The number of likely N-dealkylation sites (tertiary alicyclic amines) is 1. The Morgan fingerprint density at radius 1 is 0.925 bits per heavy atom. The molecule has 0 spiro atoms. The summed E-state index contributed by atoms with van der Waals surface area (Å²) in [6, 6.07) is 16.1. The standard InChI is InChI=1S/C40H36ClF2N5O5/c1-24-11-16-47(17-12-24)15-4-18-52-37-22-33-28(21-36(37)51-2)34(10-14-44-33)53-35-9-6-25(19-32(35)43)46-40(50)29-23-48(26-7-8-31(42)30(41)20-26)39-27(38(29)49)5-3-13-45-39/h3,5-10,13-14,19-24H,4,11-12,15-18H2,1-2H3,(H,46,50). The molecule has 4 heterocycles. The van der Waals surface area contributed by atoms with E-state index in [1.54, 1.807) is 37.6 Å². The quantitative estimate of drug-likeness (QED) is 0.132. The molecule has 1 amide bonds. The van der Waals surface area contributed by atoms with Gasteiger partial charge in [-0.25, -0.2) is 13.8 Å². The van der Waals surface area contributed by atoms with Crippen LogP contribution in [0, 0.1) is 17.6 Å². The highest BCUT2D eigenvalue weighted by molar-refractivity contribution is 6.30. The number of ether oxygens (including phenoxy) is 3. The monoisotopic (exact) mass is 739 g/mol. The van der Waals surface area contributed by atoms with Crippen molar-refractivity contribution in [2.75, 3.05) is 38.7 Å². The zero-order valence-corrected chi connectivity index (χ0v) is 29.8. The number of piperidine rings is 1. The van der Waals surface area contributed by atoms with Crippen molar-refractivity contribution in [2.24, 2.45) is 5.92 Å². The summed E-state index contributed by atoms with van der Waals surface area (Å²) in [6.07, 6.45) is 7.68. The largest absolute Gasteiger partial charge is 0.493 e. The number of benzene rings is 3. The SMILES string of the molecule is COc1cc2c(Oc3ccc(NC(=O)c4cn(-c5ccc(F)c(Cl)c5)c5ncccc5c4=O)cc3F)ccnc2cc1OCCCN1CCC(C)CC1. The van der Waals surface area contributed by atoms with E-state index in [9.17, 15) is 14.0 Å². The van der Waals surface area contributed by atoms with Gasteiger partial charge < -0.3 is 29.0 Å². The van der Waals surface area contributed by atoms with E-state index >= 15 is 4.39 Å². The molecule has 0 atom stereocenters. The normalized spacial score (nSPS) is 13.7. The first-order valence-corrected chi connectivity index (χ1v) is 17.6. The van der Waals surface area contributed by atoms with Crippen LogP contribution in [0.15, 0.2) is 90.1 Å². The molecule has 0 radical (unpaired) electrons. The minimum Gasteiger partial charge on any atom is -0.493 e. The number of pyridine rings is 3. The van der Waals surface area contributed by atoms with Crippen LogP contribution in [0.1, 0.15) is 36.5 Å². The predicted molar refractivity (Wildman–Crippen MR) is 200 cm³/mol. The van der Waals surface area contributed by atoms with Crippen LogP contribution in [-0.4, -0.2) is 58.7 Å². The van der Waals surface area contributed by atoms with Crippen LogP contribution >= 0.6 is 11.6 Å². The number of nitrogens with zero attached hydrogens (tertiary/aromatic N) is 4. The average Bonchev–Trinajstić information content (AvgIpc) is 3.16. The molecular weight excluding hydrogens is 704 g/mol. The molecule has 272 valence electrons. The molecular formula is C40H36ClF2N5O5. The molecule has 0 unspecified atom stereocenters. The smallest absolute Gasteiger partial charge is 0.261 e. The molecule has 53 heavy (non-hydrogen) atoms. The number of hydrogen-bond acceptors (Lipinski definition) is 8. The lowest BCUT2D eigenvalue weighted by Crippen LogP contribution is -2.34. The molecule has 0 aliphatic carbocycles. The van der Waals surface area contributed by atoms with Gasteiger partial charge in [-0.15, -0.1) is 0 Å². The summed E-state index contributed by atoms with van der Waals surface area (Å²) in [5.74, 6) is -0.108. The van der Waals surface area contributed by atoms with Gasteiger partial charge in [0, 0.05) is 54.0 Å². The first-order valence-electron chi connectivity index (χ1n) is 17.2. The summed E-state index contributed by atoms with van der Waals surface area (Å²) in [4.78, 5) is 38.1. The second-order valence-electron chi connectivity index (χ2n) is 13.0. The van der Waals surface area contributed by atoms with Crippen molar-refractivity contribution < 1.29 is 27.8 Å². The third-order valence-corrected chi connectivity index (χ3v) is 9.63. The van der Waals surface area contributed by atoms with Crippen molar-refractivity contribution in [2.45, 2.75) is 26.2 Å². The molecule has 1 aliphatic heterocycles. The van der Waals surface area contributed by atoms with E-state index in [-0.39, 0.29) is 33.1 Å². The van der Waals surface area contributed by atoms with Crippen molar-refractivity contribution in [3.8, 4) is 28.7 Å². The second kappa shape index (κ2) is 15.6. The fourth-order valence-corrected chi connectivity index (χ4v) is 6.55. The zero-order valence-electron chi connectivity index (χ0n) is 29.1. The number of aromatic nitrogens is 3. The summed E-state index contributed by atoms with van der Waals surface area (Å²) in [5, 5.41) is 3.18. The van der Waals surface area contributed by atoms with Gasteiger partial charge in [0.25, 0.3) is 5.91 Å². The summed E-state index contributed by atoms with van der Waals surface area (Å²) >= 11 is 6.02. The maximum absolute atomic E-state index is 15.5. The average molecular weight is 740 g/mol. The van der Waals surface area contributed by atoms with E-state index in [1.807, 2.05) is 0 Å². The van der Waals surface area contributed by atoms with Crippen molar-refractivity contribution in [3.05, 3.63) is 118 Å². The summed E-state index contributed by atoms with van der Waals surface area (Å²) in [7, 11) is 1.55. The lowest BCUT2D eigenvalue weighted by molar-refractivity contribution is 0.102. The molecule has 1 N–H and O–H groups in total. The van der Waals surface area contributed by atoms with Crippen molar-refractivity contribution in [1.82, 2.24) is 19.4 Å². The number of fused-ring (bicyclic) bond motifs is 2. The first-order chi connectivity index (χ1) is 25.7. The van der Waals surface area contributed by atoms with Gasteiger partial charge >= 0.3 is 0 Å². The maximum atomic E-state index is 15.5. The molecule has 1 fully saturated rings. The van der Waals surface area contributed by atoms with E-state index in [1.165, 1.54) is 66.2 Å². The van der Waals surface area contributed by atoms with Crippen LogP contribution in [0.2, 0.25) is 5.02 Å². The van der Waals surface area contributed by atoms with Crippen LogP contribution in [0.3, 0.4) is 0 Å². The number of rotatable bonds is 11. The lowest BCUT2D eigenvalue weighted by Gasteiger charge is -2.30. The fourth-order valence-electron chi connectivity index (χ4n) is 6.38. The number of halogens is 3. The summed E-state index contributed by atoms with van der Waals surface area (Å²) < 4.78 is 48.6. The van der Waals surface area contributed by atoms with Crippen molar-refractivity contribution in [1.29, 1.82) is 0 Å². The van der Waals surface area contributed by atoms with E-state index in [0.717, 1.165) is 38.0 Å². The van der Waals surface area contributed by atoms with E-state index < -0.39 is 23.0 Å². The molecule has 1 saturated heterocycles. The van der Waals surface area contributed by atoms with Crippen LogP contribution in [0.5, 0.6) is 23.0 Å². The summed E-state index contributed by atoms with van der Waals surface area (Å²) in [6.45, 7) is 6.03. The van der Waals surface area contributed by atoms with Crippen molar-refractivity contribution >= 4 is 45.1 Å². The van der Waals surface area contributed by atoms with Crippen LogP contribution in [-0.2, 0) is 0 Å². The predicted octanol–water partition coefficient (Wildman–Crippen LogP) is 8.42. The Hall–Kier alpha value is -5.59. The van der Waals surface area contributed by atoms with Crippen molar-refractivity contribution in [3.63, 3.8) is 0 Å². The van der Waals surface area contributed by atoms with E-state index in [2.05, 4.69) is 27.1 Å². The van der Waals surface area contributed by atoms with Gasteiger partial charge in [0.05, 0.1) is 29.6 Å². The maximum Gasteiger partial charge on any atom is 0.261 e. The molecule has 7 rings (SSSR count). The molecule has 13 heteroatoms. The minimum absolute atomic E-state index is 0.0831. The van der Waals surface area contributed by atoms with Crippen LogP contribution in [0.25, 0.3) is 27.6 Å². The highest BCUT2D eigenvalue weighted by Gasteiger charge is 2.20. The zero-order chi connectivity index (χ0) is 37.1. The third-order valence-electron chi connectivity index (χ3n) is 9.34. The molecule has 0 saturated carbocycles. The lowest BCUT2D eigenvalue weighted by atomic mass is 9.99. The first kappa shape index (κ1) is 35.8. The Morgan fingerprint density at radius 2 is 1.75 bits per heavy atom. The highest BCUT2D eigenvalue weighted by Crippen LogP contribution is 2.38. The Balaban J connectivity index is 1.07. The number of carbonyl (C=O) groups excluding carboxylic acids is 1. The van der Waals surface area contributed by atoms with Gasteiger partial charge in [0.1, 0.15) is 22.8 Å². The molecule has 10 nitrogen and oxygen atoms in total. The van der Waals surface area contributed by atoms with Gasteiger partial charge in [-0.1, -0.05) is 18.5 Å². The van der Waals surface area contributed by atoms with Gasteiger partial charge in [0.15, 0.2) is 23.1 Å². The number of amides is 1. The molecule has 0 bridgehead atoms. The van der Waals surface area contributed by atoms with E-state index in [4.69, 9.17) is 25.8 Å². The van der Waals surface area contributed by atoms with Crippen LogP contribution < -0.4 is 25.0 Å². The number of nitrogens with one attached hydrogen (secondary N) is 1. The molecule has 1 aliphatic rings. The topological polar surface area (TPSA) is 108 Å². The Bertz CT molecular complexity index is 2380. The van der Waals surface area contributed by atoms with Gasteiger partial charge in [-0.3, -0.25) is 14.6 Å². The number of anilines is 1. The van der Waals surface area contributed by atoms with Gasteiger partial charge in [-0.05, 0) is 92.9 Å². The Morgan fingerprint density at radius 3 is 2.53 bits per heavy atom. The number of hydrogen-bond donors (Lipinski definition) is 1. The van der Waals surface area contributed by atoms with Gasteiger partial charge in [0.2, 0.25) is 5.43 Å². The molecule has 3 aromatic carbocycles. The van der Waals surface area contributed by atoms with Gasteiger partial charge in [-0.2, -0.15) is 0 Å². The highest BCUT2D eigenvalue weighted by atomic mass is 35.5. The number of methoxy groups -OCH3 is 1. The molecule has 6 aromatic rings. The van der Waals surface area contributed by atoms with Crippen LogP contribution in [0.4, 0.5) is 14.5 Å². The third kappa shape index (κ3) is 7.79. The second-order valence-corrected chi connectivity index (χ2v) is 13.4.